The lowest BCUT2D eigenvalue weighted by Gasteiger charge is -2.26. The molecule has 3 heteroatoms. The predicted molar refractivity (Wildman–Crippen MR) is 75.4 cm³/mol. The Morgan fingerprint density at radius 1 is 1.33 bits per heavy atom. The van der Waals surface area contributed by atoms with Crippen LogP contribution in [0, 0.1) is 11.8 Å². The molecule has 1 fully saturated rings. The molecule has 3 nitrogen and oxygen atoms in total. The van der Waals surface area contributed by atoms with Crippen molar-refractivity contribution in [3.63, 3.8) is 0 Å². The molecule has 0 radical (unpaired) electrons. The van der Waals surface area contributed by atoms with E-state index in [9.17, 15) is 0 Å². The molecule has 0 aromatic carbocycles. The van der Waals surface area contributed by atoms with E-state index in [1.165, 1.54) is 43.6 Å². The molecule has 1 aromatic rings. The van der Waals surface area contributed by atoms with Crippen LogP contribution in [-0.4, -0.2) is 16.3 Å². The van der Waals surface area contributed by atoms with E-state index in [4.69, 9.17) is 0 Å². The Kier molecular flexibility index (Phi) is 4.81. The maximum absolute atomic E-state index is 4.48. The first kappa shape index (κ1) is 13.6. The molecule has 1 aliphatic carbocycles. The Labute approximate surface area is 111 Å². The van der Waals surface area contributed by atoms with Crippen LogP contribution < -0.4 is 5.32 Å². The van der Waals surface area contributed by atoms with Crippen LogP contribution >= 0.6 is 0 Å². The average molecular weight is 249 g/mol. The van der Waals surface area contributed by atoms with Gasteiger partial charge in [0.15, 0.2) is 0 Å². The number of rotatable bonds is 5. The van der Waals surface area contributed by atoms with Gasteiger partial charge in [-0.05, 0) is 43.7 Å². The lowest BCUT2D eigenvalue weighted by atomic mass is 9.83. The van der Waals surface area contributed by atoms with Gasteiger partial charge in [-0.3, -0.25) is 4.68 Å². The third kappa shape index (κ3) is 3.58. The second-order valence-corrected chi connectivity index (χ2v) is 5.86. The van der Waals surface area contributed by atoms with Crippen LogP contribution in [-0.2, 0) is 20.0 Å². The second kappa shape index (κ2) is 6.37. The summed E-state index contributed by atoms with van der Waals surface area (Å²) in [6.45, 7) is 6.66. The minimum absolute atomic E-state index is 0.889. The second-order valence-electron chi connectivity index (χ2n) is 5.86. The number of aryl methyl sites for hydroxylation is 2. The zero-order valence-electron chi connectivity index (χ0n) is 12.1. The Bertz CT molecular complexity index is 362. The molecule has 0 unspecified atom stereocenters. The van der Waals surface area contributed by atoms with E-state index in [0.29, 0.717) is 0 Å². The monoisotopic (exact) mass is 249 g/mol. The standard InChI is InChI=1S/C15H27N3/c1-4-14-9-15(18(3)17-14)11-16-10-13-7-5-12(2)6-8-13/h9,12-13,16H,4-8,10-11H2,1-3H3. The molecule has 0 amide bonds. The fourth-order valence-corrected chi connectivity index (χ4v) is 2.85. The molecule has 102 valence electrons. The van der Waals surface area contributed by atoms with Crippen LogP contribution in [0.3, 0.4) is 0 Å². The Morgan fingerprint density at radius 3 is 2.67 bits per heavy atom. The SMILES string of the molecule is CCc1cc(CNCC2CCC(C)CC2)n(C)n1. The van der Waals surface area contributed by atoms with E-state index in [1.807, 2.05) is 11.7 Å². The lowest BCUT2D eigenvalue weighted by molar-refractivity contribution is 0.281. The molecular formula is C15H27N3. The van der Waals surface area contributed by atoms with E-state index in [-0.39, 0.29) is 0 Å². The maximum Gasteiger partial charge on any atom is 0.0625 e. The Morgan fingerprint density at radius 2 is 2.06 bits per heavy atom. The van der Waals surface area contributed by atoms with Gasteiger partial charge in [0, 0.05) is 13.6 Å². The summed E-state index contributed by atoms with van der Waals surface area (Å²) < 4.78 is 2.01. The third-order valence-corrected chi connectivity index (χ3v) is 4.26. The van der Waals surface area contributed by atoms with Crippen LogP contribution in [0.25, 0.3) is 0 Å². The molecule has 0 aliphatic heterocycles. The van der Waals surface area contributed by atoms with Gasteiger partial charge in [0.2, 0.25) is 0 Å². The van der Waals surface area contributed by atoms with Crippen molar-refractivity contribution in [2.45, 2.75) is 52.5 Å². The van der Waals surface area contributed by atoms with Crippen LogP contribution in [0.5, 0.6) is 0 Å². The van der Waals surface area contributed by atoms with E-state index >= 15 is 0 Å². The largest absolute Gasteiger partial charge is 0.311 e. The highest BCUT2D eigenvalue weighted by Gasteiger charge is 2.17. The predicted octanol–water partition coefficient (Wildman–Crippen LogP) is 2.90. The molecule has 2 rings (SSSR count). The van der Waals surface area contributed by atoms with Gasteiger partial charge in [0.1, 0.15) is 0 Å². The van der Waals surface area contributed by atoms with Crippen LogP contribution in [0.1, 0.15) is 50.9 Å². The zero-order chi connectivity index (χ0) is 13.0. The Balaban J connectivity index is 1.73. The van der Waals surface area contributed by atoms with E-state index in [2.05, 4.69) is 30.3 Å². The fraction of sp³-hybridized carbons (Fsp3) is 0.800. The average Bonchev–Trinajstić information content (AvgIpc) is 2.73. The minimum atomic E-state index is 0.889. The van der Waals surface area contributed by atoms with Gasteiger partial charge in [0.25, 0.3) is 0 Å². The number of aromatic nitrogens is 2. The summed E-state index contributed by atoms with van der Waals surface area (Å²) in [7, 11) is 2.04. The van der Waals surface area contributed by atoms with E-state index in [1.54, 1.807) is 0 Å². The highest BCUT2D eigenvalue weighted by molar-refractivity contribution is 5.09. The first-order valence-corrected chi connectivity index (χ1v) is 7.41. The van der Waals surface area contributed by atoms with Crippen molar-refractivity contribution in [3.05, 3.63) is 17.5 Å². The number of nitrogens with one attached hydrogen (secondary N) is 1. The van der Waals surface area contributed by atoms with Crippen LogP contribution in [0.2, 0.25) is 0 Å². The first-order valence-electron chi connectivity index (χ1n) is 7.41. The molecule has 0 atom stereocenters. The third-order valence-electron chi connectivity index (χ3n) is 4.26. The molecule has 1 heterocycles. The van der Waals surface area contributed by atoms with Crippen LogP contribution in [0.4, 0.5) is 0 Å². The van der Waals surface area contributed by atoms with Crippen molar-refractivity contribution >= 4 is 0 Å². The van der Waals surface area contributed by atoms with Crippen molar-refractivity contribution in [2.75, 3.05) is 6.54 Å². The van der Waals surface area contributed by atoms with Crippen molar-refractivity contribution in [1.82, 2.24) is 15.1 Å². The van der Waals surface area contributed by atoms with Gasteiger partial charge < -0.3 is 5.32 Å². The van der Waals surface area contributed by atoms with E-state index < -0.39 is 0 Å². The zero-order valence-corrected chi connectivity index (χ0v) is 12.1. The van der Waals surface area contributed by atoms with E-state index in [0.717, 1.165) is 24.8 Å². The minimum Gasteiger partial charge on any atom is -0.311 e. The molecular weight excluding hydrogens is 222 g/mol. The highest BCUT2D eigenvalue weighted by Crippen LogP contribution is 2.27. The molecule has 1 N–H and O–H groups in total. The summed E-state index contributed by atoms with van der Waals surface area (Å²) >= 11 is 0. The fourth-order valence-electron chi connectivity index (χ4n) is 2.85. The van der Waals surface area contributed by atoms with Crippen molar-refractivity contribution in [2.24, 2.45) is 18.9 Å². The van der Waals surface area contributed by atoms with Gasteiger partial charge in [-0.2, -0.15) is 5.10 Å². The molecule has 1 aromatic heterocycles. The number of nitrogens with zero attached hydrogens (tertiary/aromatic N) is 2. The smallest absolute Gasteiger partial charge is 0.0625 e. The summed E-state index contributed by atoms with van der Waals surface area (Å²) in [5, 5.41) is 8.08. The molecule has 0 spiro atoms. The summed E-state index contributed by atoms with van der Waals surface area (Å²) in [6.07, 6.45) is 6.66. The molecule has 0 saturated heterocycles. The van der Waals surface area contributed by atoms with Crippen molar-refractivity contribution in [3.8, 4) is 0 Å². The Hall–Kier alpha value is -0.830. The topological polar surface area (TPSA) is 29.9 Å². The highest BCUT2D eigenvalue weighted by atomic mass is 15.3. The number of hydrogen-bond acceptors (Lipinski definition) is 2. The van der Waals surface area contributed by atoms with Gasteiger partial charge in [0.05, 0.1) is 11.4 Å². The van der Waals surface area contributed by atoms with Gasteiger partial charge in [-0.25, -0.2) is 0 Å². The summed E-state index contributed by atoms with van der Waals surface area (Å²) in [6, 6.07) is 2.22. The maximum atomic E-state index is 4.48. The molecule has 18 heavy (non-hydrogen) atoms. The van der Waals surface area contributed by atoms with Gasteiger partial charge in [-0.1, -0.05) is 26.7 Å². The van der Waals surface area contributed by atoms with Crippen molar-refractivity contribution in [1.29, 1.82) is 0 Å². The quantitative estimate of drug-likeness (QED) is 0.869. The summed E-state index contributed by atoms with van der Waals surface area (Å²) in [4.78, 5) is 0. The number of hydrogen-bond donors (Lipinski definition) is 1. The van der Waals surface area contributed by atoms with Crippen molar-refractivity contribution < 1.29 is 0 Å². The molecule has 0 bridgehead atoms. The first-order chi connectivity index (χ1) is 8.69. The molecule has 1 aliphatic rings. The normalized spacial score (nSPS) is 24.4. The van der Waals surface area contributed by atoms with Gasteiger partial charge >= 0.3 is 0 Å². The summed E-state index contributed by atoms with van der Waals surface area (Å²) in [5.41, 5.74) is 2.50. The lowest BCUT2D eigenvalue weighted by Crippen LogP contribution is -2.26. The van der Waals surface area contributed by atoms with Gasteiger partial charge in [-0.15, -0.1) is 0 Å². The molecule has 1 saturated carbocycles. The van der Waals surface area contributed by atoms with Crippen LogP contribution in [0.15, 0.2) is 6.07 Å². The summed E-state index contributed by atoms with van der Waals surface area (Å²) in [5.74, 6) is 1.84.